The van der Waals surface area contributed by atoms with Gasteiger partial charge in [0, 0.05) is 6.54 Å². The van der Waals surface area contributed by atoms with E-state index in [2.05, 4.69) is 10.6 Å². The number of urea groups is 1. The minimum atomic E-state index is -1.08. The standard InChI is InChI=1S/C14H14N2O4S/c17-13(18)8-20-12-4-2-1-3-11(12)16-14(19)15-7-10-5-6-21-9-10/h1-6,9H,7-8H2,(H,17,18)(H2,15,16,19). The van der Waals surface area contributed by atoms with Gasteiger partial charge in [-0.2, -0.15) is 11.3 Å². The Morgan fingerprint density at radius 1 is 1.24 bits per heavy atom. The smallest absolute Gasteiger partial charge is 0.341 e. The molecule has 1 heterocycles. The van der Waals surface area contributed by atoms with Crippen molar-refractivity contribution in [3.05, 3.63) is 46.7 Å². The Kier molecular flexibility index (Phi) is 5.16. The number of amides is 2. The summed E-state index contributed by atoms with van der Waals surface area (Å²) in [5.41, 5.74) is 1.44. The Bertz CT molecular complexity index is 613. The summed E-state index contributed by atoms with van der Waals surface area (Å²) in [6.45, 7) is -0.0390. The highest BCUT2D eigenvalue weighted by molar-refractivity contribution is 7.07. The maximum Gasteiger partial charge on any atom is 0.341 e. The summed E-state index contributed by atoms with van der Waals surface area (Å²) in [4.78, 5) is 22.3. The van der Waals surface area contributed by atoms with E-state index in [0.717, 1.165) is 5.56 Å². The molecule has 110 valence electrons. The van der Waals surface area contributed by atoms with Crippen LogP contribution in [0.2, 0.25) is 0 Å². The quantitative estimate of drug-likeness (QED) is 0.765. The molecule has 7 heteroatoms. The summed E-state index contributed by atoms with van der Waals surface area (Å²) in [5, 5.41) is 17.8. The topological polar surface area (TPSA) is 87.7 Å². The average Bonchev–Trinajstić information content (AvgIpc) is 2.97. The van der Waals surface area contributed by atoms with Crippen LogP contribution in [0.4, 0.5) is 10.5 Å². The Balaban J connectivity index is 1.92. The third kappa shape index (κ3) is 4.81. The molecule has 0 fully saturated rings. The molecule has 0 radical (unpaired) electrons. The number of hydrogen-bond acceptors (Lipinski definition) is 4. The first-order valence-electron chi connectivity index (χ1n) is 6.14. The van der Waals surface area contributed by atoms with Crippen molar-refractivity contribution in [1.82, 2.24) is 5.32 Å². The van der Waals surface area contributed by atoms with Gasteiger partial charge in [-0.05, 0) is 34.5 Å². The molecule has 0 spiro atoms. The van der Waals surface area contributed by atoms with E-state index in [0.29, 0.717) is 18.0 Å². The van der Waals surface area contributed by atoms with Crippen molar-refractivity contribution in [3.63, 3.8) is 0 Å². The summed E-state index contributed by atoms with van der Waals surface area (Å²) in [6, 6.07) is 8.20. The molecular formula is C14H14N2O4S. The number of ether oxygens (including phenoxy) is 1. The minimum absolute atomic E-state index is 0.311. The van der Waals surface area contributed by atoms with E-state index in [9.17, 15) is 9.59 Å². The molecule has 2 rings (SSSR count). The first kappa shape index (κ1) is 14.9. The van der Waals surface area contributed by atoms with Gasteiger partial charge >= 0.3 is 12.0 Å². The van der Waals surface area contributed by atoms with Crippen molar-refractivity contribution in [1.29, 1.82) is 0 Å². The lowest BCUT2D eigenvalue weighted by atomic mass is 10.3. The number of carboxylic acids is 1. The van der Waals surface area contributed by atoms with Crippen LogP contribution in [-0.2, 0) is 11.3 Å². The Labute approximate surface area is 125 Å². The van der Waals surface area contributed by atoms with Crippen molar-refractivity contribution >= 4 is 29.0 Å². The molecule has 2 aromatic rings. The van der Waals surface area contributed by atoms with Crippen LogP contribution in [0.5, 0.6) is 5.75 Å². The van der Waals surface area contributed by atoms with Crippen LogP contribution in [0, 0.1) is 0 Å². The molecule has 6 nitrogen and oxygen atoms in total. The average molecular weight is 306 g/mol. The molecular weight excluding hydrogens is 292 g/mol. The molecule has 21 heavy (non-hydrogen) atoms. The zero-order valence-corrected chi connectivity index (χ0v) is 11.9. The van der Waals surface area contributed by atoms with Gasteiger partial charge in [0.25, 0.3) is 0 Å². The number of thiophene rings is 1. The van der Waals surface area contributed by atoms with Crippen LogP contribution in [-0.4, -0.2) is 23.7 Å². The summed E-state index contributed by atoms with van der Waals surface area (Å²) in [6.07, 6.45) is 0. The lowest BCUT2D eigenvalue weighted by molar-refractivity contribution is -0.139. The Morgan fingerprint density at radius 3 is 2.76 bits per heavy atom. The molecule has 0 aliphatic rings. The van der Waals surface area contributed by atoms with Crippen LogP contribution in [0.1, 0.15) is 5.56 Å². The zero-order valence-electron chi connectivity index (χ0n) is 11.0. The van der Waals surface area contributed by atoms with E-state index in [1.165, 1.54) is 0 Å². The highest BCUT2D eigenvalue weighted by Crippen LogP contribution is 2.23. The predicted octanol–water partition coefficient (Wildman–Crippen LogP) is 2.53. The van der Waals surface area contributed by atoms with Gasteiger partial charge in [0.05, 0.1) is 5.69 Å². The van der Waals surface area contributed by atoms with E-state index >= 15 is 0 Å². The van der Waals surface area contributed by atoms with Crippen LogP contribution in [0.3, 0.4) is 0 Å². The lowest BCUT2D eigenvalue weighted by Gasteiger charge is -2.11. The highest BCUT2D eigenvalue weighted by Gasteiger charge is 2.08. The molecule has 0 atom stereocenters. The fraction of sp³-hybridized carbons (Fsp3) is 0.143. The number of rotatable bonds is 6. The lowest BCUT2D eigenvalue weighted by Crippen LogP contribution is -2.28. The van der Waals surface area contributed by atoms with Crippen molar-refractivity contribution in [2.75, 3.05) is 11.9 Å². The van der Waals surface area contributed by atoms with Crippen LogP contribution < -0.4 is 15.4 Å². The first-order valence-corrected chi connectivity index (χ1v) is 7.09. The van der Waals surface area contributed by atoms with Gasteiger partial charge in [0.2, 0.25) is 0 Å². The van der Waals surface area contributed by atoms with Crippen molar-refractivity contribution in [3.8, 4) is 5.75 Å². The van der Waals surface area contributed by atoms with Gasteiger partial charge in [-0.15, -0.1) is 0 Å². The zero-order chi connectivity index (χ0) is 15.1. The number of nitrogens with one attached hydrogen (secondary N) is 2. The predicted molar refractivity (Wildman–Crippen MR) is 79.8 cm³/mol. The molecule has 0 saturated heterocycles. The fourth-order valence-electron chi connectivity index (χ4n) is 1.58. The second-order valence-electron chi connectivity index (χ2n) is 4.12. The van der Waals surface area contributed by atoms with Gasteiger partial charge < -0.3 is 20.5 Å². The number of carbonyl (C=O) groups excluding carboxylic acids is 1. The molecule has 2 amide bonds. The number of benzene rings is 1. The van der Waals surface area contributed by atoms with Crippen LogP contribution in [0.25, 0.3) is 0 Å². The van der Waals surface area contributed by atoms with Gasteiger partial charge in [0.15, 0.2) is 6.61 Å². The van der Waals surface area contributed by atoms with Crippen molar-refractivity contribution in [2.24, 2.45) is 0 Å². The molecule has 0 saturated carbocycles. The highest BCUT2D eigenvalue weighted by atomic mass is 32.1. The molecule has 0 aliphatic heterocycles. The van der Waals surface area contributed by atoms with Crippen molar-refractivity contribution in [2.45, 2.75) is 6.54 Å². The monoisotopic (exact) mass is 306 g/mol. The van der Waals surface area contributed by atoms with Crippen molar-refractivity contribution < 1.29 is 19.4 Å². The summed E-state index contributed by atoms with van der Waals surface area (Å²) >= 11 is 1.56. The van der Waals surface area contributed by atoms with E-state index in [-0.39, 0.29) is 6.03 Å². The summed E-state index contributed by atoms with van der Waals surface area (Å²) in [7, 11) is 0. The van der Waals surface area contributed by atoms with Gasteiger partial charge in [-0.25, -0.2) is 9.59 Å². The minimum Gasteiger partial charge on any atom is -0.480 e. The maximum atomic E-state index is 11.8. The third-order valence-electron chi connectivity index (χ3n) is 2.52. The maximum absolute atomic E-state index is 11.8. The van der Waals surface area contributed by atoms with E-state index < -0.39 is 12.6 Å². The summed E-state index contributed by atoms with van der Waals surface area (Å²) < 4.78 is 5.11. The number of aliphatic carboxylic acids is 1. The normalized spacial score (nSPS) is 9.90. The van der Waals surface area contributed by atoms with E-state index in [1.807, 2.05) is 16.8 Å². The van der Waals surface area contributed by atoms with Crippen LogP contribution >= 0.6 is 11.3 Å². The third-order valence-corrected chi connectivity index (χ3v) is 3.25. The molecule has 1 aromatic heterocycles. The number of carboxylic acid groups (broad SMARTS) is 1. The fourth-order valence-corrected chi connectivity index (χ4v) is 2.25. The van der Waals surface area contributed by atoms with E-state index in [1.54, 1.807) is 35.6 Å². The number of carbonyl (C=O) groups is 2. The van der Waals surface area contributed by atoms with Gasteiger partial charge in [-0.3, -0.25) is 0 Å². The second-order valence-corrected chi connectivity index (χ2v) is 4.90. The van der Waals surface area contributed by atoms with Gasteiger partial charge in [-0.1, -0.05) is 12.1 Å². The molecule has 0 unspecified atom stereocenters. The van der Waals surface area contributed by atoms with Crippen LogP contribution in [0.15, 0.2) is 41.1 Å². The second kappa shape index (κ2) is 7.30. The van der Waals surface area contributed by atoms with E-state index in [4.69, 9.17) is 9.84 Å². The molecule has 0 aliphatic carbocycles. The Morgan fingerprint density at radius 2 is 2.05 bits per heavy atom. The Hall–Kier alpha value is -2.54. The first-order chi connectivity index (χ1) is 10.1. The number of para-hydroxylation sites is 2. The number of anilines is 1. The summed E-state index contributed by atoms with van der Waals surface area (Å²) in [5.74, 6) is -0.766. The largest absolute Gasteiger partial charge is 0.480 e. The molecule has 3 N–H and O–H groups in total. The molecule has 1 aromatic carbocycles. The van der Waals surface area contributed by atoms with Gasteiger partial charge in [0.1, 0.15) is 5.75 Å². The number of hydrogen-bond donors (Lipinski definition) is 3. The molecule has 0 bridgehead atoms. The SMILES string of the molecule is O=C(O)COc1ccccc1NC(=O)NCc1ccsc1.